The smallest absolute Gasteiger partial charge is 0.310 e. The van der Waals surface area contributed by atoms with Crippen LogP contribution in [0.25, 0.3) is 0 Å². The van der Waals surface area contributed by atoms with E-state index >= 15 is 0 Å². The lowest BCUT2D eigenvalue weighted by atomic mass is 9.70. The summed E-state index contributed by atoms with van der Waals surface area (Å²) in [5.74, 6) is -2.30. The number of methoxy groups -OCH3 is 1. The first kappa shape index (κ1) is 25.7. The fraction of sp³-hybridized carbons (Fsp3) is 0.577. The number of carbonyl (C=O) groups is 3. The van der Waals surface area contributed by atoms with Crippen LogP contribution < -0.4 is 10.1 Å². The van der Waals surface area contributed by atoms with Crippen molar-refractivity contribution in [1.29, 1.82) is 0 Å². The van der Waals surface area contributed by atoms with E-state index in [9.17, 15) is 19.5 Å². The van der Waals surface area contributed by atoms with E-state index in [4.69, 9.17) is 9.47 Å². The Bertz CT molecular complexity index is 912. The van der Waals surface area contributed by atoms with Gasteiger partial charge in [-0.1, -0.05) is 32.9 Å². The molecule has 0 radical (unpaired) electrons. The zero-order valence-electron chi connectivity index (χ0n) is 20.6. The number of nitrogens with one attached hydrogen (secondary N) is 1. The van der Waals surface area contributed by atoms with Crippen LogP contribution in [0, 0.1) is 29.6 Å². The Labute approximate surface area is 201 Å². The molecule has 0 spiro atoms. The van der Waals surface area contributed by atoms with Crippen molar-refractivity contribution < 1.29 is 29.0 Å². The molecule has 6 atom stereocenters. The first-order valence-corrected chi connectivity index (χ1v) is 12.0. The number of nitrogens with zero attached hydrogens (tertiary/aromatic N) is 1. The molecule has 0 saturated carbocycles. The number of anilines is 1. The molecule has 8 heteroatoms. The van der Waals surface area contributed by atoms with Crippen LogP contribution in [0.2, 0.25) is 0 Å². The maximum atomic E-state index is 13.8. The van der Waals surface area contributed by atoms with Crippen molar-refractivity contribution in [1.82, 2.24) is 4.90 Å². The van der Waals surface area contributed by atoms with E-state index < -0.39 is 35.8 Å². The summed E-state index contributed by atoms with van der Waals surface area (Å²) < 4.78 is 10.5. The number of benzene rings is 1. The van der Waals surface area contributed by atoms with E-state index in [1.54, 1.807) is 38.3 Å². The average Bonchev–Trinajstić information content (AvgIpc) is 3.10. The van der Waals surface area contributed by atoms with Gasteiger partial charge in [0.25, 0.3) is 0 Å². The zero-order chi connectivity index (χ0) is 25.0. The molecule has 1 saturated heterocycles. The van der Waals surface area contributed by atoms with Crippen LogP contribution in [-0.4, -0.2) is 60.2 Å². The highest BCUT2D eigenvalue weighted by molar-refractivity contribution is 6.01. The predicted octanol–water partition coefficient (Wildman–Crippen LogP) is 2.87. The van der Waals surface area contributed by atoms with E-state index in [-0.39, 0.29) is 36.9 Å². The topological polar surface area (TPSA) is 105 Å². The number of hydrogen-bond donors (Lipinski definition) is 2. The number of likely N-dealkylation sites (tertiary alicyclic amines) is 1. The van der Waals surface area contributed by atoms with Crippen LogP contribution in [-0.2, 0) is 19.1 Å². The number of esters is 1. The van der Waals surface area contributed by atoms with Crippen LogP contribution >= 0.6 is 0 Å². The molecule has 1 heterocycles. The summed E-state index contributed by atoms with van der Waals surface area (Å²) in [7, 11) is 1.57. The van der Waals surface area contributed by atoms with E-state index in [0.717, 1.165) is 0 Å². The molecular weight excluding hydrogens is 436 g/mol. The van der Waals surface area contributed by atoms with Crippen LogP contribution in [0.15, 0.2) is 36.4 Å². The fourth-order valence-electron chi connectivity index (χ4n) is 5.24. The minimum Gasteiger partial charge on any atom is -0.497 e. The van der Waals surface area contributed by atoms with E-state index in [2.05, 4.69) is 5.32 Å². The van der Waals surface area contributed by atoms with Gasteiger partial charge in [0.05, 0.1) is 38.2 Å². The zero-order valence-corrected chi connectivity index (χ0v) is 20.6. The lowest BCUT2D eigenvalue weighted by Gasteiger charge is -2.34. The van der Waals surface area contributed by atoms with Gasteiger partial charge in [-0.25, -0.2) is 0 Å². The molecule has 0 unspecified atom stereocenters. The molecule has 8 nitrogen and oxygen atoms in total. The number of aliphatic hydroxyl groups excluding tert-OH is 1. The molecule has 1 aromatic rings. The molecule has 0 bridgehead atoms. The molecule has 1 aliphatic heterocycles. The van der Waals surface area contributed by atoms with E-state index in [1.807, 2.05) is 32.9 Å². The summed E-state index contributed by atoms with van der Waals surface area (Å²) in [5.41, 5.74) is 0.571. The van der Waals surface area contributed by atoms with Crippen molar-refractivity contribution in [2.24, 2.45) is 29.6 Å². The Morgan fingerprint density at radius 3 is 2.41 bits per heavy atom. The third kappa shape index (κ3) is 5.12. The molecule has 1 fully saturated rings. The Balaban J connectivity index is 2.00. The van der Waals surface area contributed by atoms with Crippen molar-refractivity contribution >= 4 is 23.5 Å². The fourth-order valence-corrected chi connectivity index (χ4v) is 5.24. The highest BCUT2D eigenvalue weighted by Gasteiger charge is 2.58. The second-order valence-electron chi connectivity index (χ2n) is 9.50. The highest BCUT2D eigenvalue weighted by atomic mass is 16.5. The molecule has 1 aliphatic carbocycles. The molecule has 2 amide bonds. The van der Waals surface area contributed by atoms with E-state index in [1.165, 1.54) is 4.90 Å². The van der Waals surface area contributed by atoms with Crippen molar-refractivity contribution in [3.63, 3.8) is 0 Å². The number of aliphatic hydroxyl groups is 1. The summed E-state index contributed by atoms with van der Waals surface area (Å²) in [4.78, 5) is 41.8. The van der Waals surface area contributed by atoms with Crippen molar-refractivity contribution in [2.45, 2.75) is 46.2 Å². The first-order valence-electron chi connectivity index (χ1n) is 12.0. The summed E-state index contributed by atoms with van der Waals surface area (Å²) in [6.45, 7) is 7.58. The van der Waals surface area contributed by atoms with Crippen LogP contribution in [0.4, 0.5) is 5.69 Å². The quantitative estimate of drug-likeness (QED) is 0.423. The largest absolute Gasteiger partial charge is 0.497 e. The highest BCUT2D eigenvalue weighted by Crippen LogP contribution is 2.45. The van der Waals surface area contributed by atoms with Gasteiger partial charge in [0.1, 0.15) is 11.8 Å². The number of fused-ring (bicyclic) bond motifs is 1. The average molecular weight is 473 g/mol. The third-order valence-electron chi connectivity index (χ3n) is 6.74. The number of allylic oxidation sites excluding steroid dienone is 1. The van der Waals surface area contributed by atoms with Crippen molar-refractivity contribution in [3.8, 4) is 5.75 Å². The normalized spacial score (nSPS) is 26.9. The van der Waals surface area contributed by atoms with Gasteiger partial charge in [-0.15, -0.1) is 0 Å². The molecule has 2 N–H and O–H groups in total. The van der Waals surface area contributed by atoms with Crippen molar-refractivity contribution in [2.75, 3.05) is 25.6 Å². The van der Waals surface area contributed by atoms with Gasteiger partial charge in [-0.05, 0) is 49.4 Å². The molecule has 3 rings (SSSR count). The predicted molar refractivity (Wildman–Crippen MR) is 128 cm³/mol. The molecule has 2 aliphatic rings. The SMILES string of the molecule is CCOC(=O)[C@H]1[C@H]2C(=O)N([C@@H](CO)CC(C)C)[C@H](C(=O)Nc3ccc(OC)cc3)[C@H]2C=C[C@H]1C. The Kier molecular flexibility index (Phi) is 8.36. The second kappa shape index (κ2) is 11.0. The summed E-state index contributed by atoms with van der Waals surface area (Å²) in [6.07, 6.45) is 4.31. The third-order valence-corrected chi connectivity index (χ3v) is 6.74. The van der Waals surface area contributed by atoms with E-state index in [0.29, 0.717) is 17.9 Å². The molecule has 0 aromatic heterocycles. The summed E-state index contributed by atoms with van der Waals surface area (Å²) >= 11 is 0. The molecule has 1 aromatic carbocycles. The van der Waals surface area contributed by atoms with Gasteiger partial charge in [-0.2, -0.15) is 0 Å². The number of ether oxygens (including phenoxy) is 2. The monoisotopic (exact) mass is 472 g/mol. The lowest BCUT2D eigenvalue weighted by Crippen LogP contribution is -2.51. The number of rotatable bonds is 9. The Morgan fingerprint density at radius 1 is 1.18 bits per heavy atom. The van der Waals surface area contributed by atoms with Crippen LogP contribution in [0.1, 0.15) is 34.1 Å². The van der Waals surface area contributed by atoms with Crippen molar-refractivity contribution in [3.05, 3.63) is 36.4 Å². The van der Waals surface area contributed by atoms with Gasteiger partial charge in [-0.3, -0.25) is 14.4 Å². The first-order chi connectivity index (χ1) is 16.2. The van der Waals surface area contributed by atoms with Gasteiger partial charge in [0.15, 0.2) is 0 Å². The van der Waals surface area contributed by atoms with Gasteiger partial charge < -0.3 is 24.8 Å². The minimum absolute atomic E-state index is 0.202. The van der Waals surface area contributed by atoms with Gasteiger partial charge in [0, 0.05) is 11.6 Å². The summed E-state index contributed by atoms with van der Waals surface area (Å²) in [6, 6.07) is 5.56. The molecule has 34 heavy (non-hydrogen) atoms. The maximum Gasteiger partial charge on any atom is 0.310 e. The second-order valence-corrected chi connectivity index (χ2v) is 9.50. The number of carbonyl (C=O) groups excluding carboxylic acids is 3. The number of hydrogen-bond acceptors (Lipinski definition) is 6. The Hall–Kier alpha value is -2.87. The van der Waals surface area contributed by atoms with Gasteiger partial charge in [0.2, 0.25) is 11.8 Å². The van der Waals surface area contributed by atoms with Crippen LogP contribution in [0.5, 0.6) is 5.75 Å². The lowest BCUT2D eigenvalue weighted by molar-refractivity contribution is -0.156. The minimum atomic E-state index is -0.851. The van der Waals surface area contributed by atoms with Crippen LogP contribution in [0.3, 0.4) is 0 Å². The van der Waals surface area contributed by atoms with Gasteiger partial charge >= 0.3 is 5.97 Å². The standard InChI is InChI=1S/C26H36N2O6/c1-6-34-26(32)21-16(4)7-12-20-22(21)25(31)28(18(14-29)13-15(2)3)23(20)24(30)27-17-8-10-19(33-5)11-9-17/h7-12,15-16,18,20-23,29H,6,13-14H2,1-5H3,(H,27,30)/t16-,18-,20+,21-,22+,23+/m1/s1. The summed E-state index contributed by atoms with van der Waals surface area (Å²) in [5, 5.41) is 13.1. The molecule has 186 valence electrons. The molecular formula is C26H36N2O6. The Morgan fingerprint density at radius 2 is 1.85 bits per heavy atom. The maximum absolute atomic E-state index is 13.8. The number of amides is 2.